The van der Waals surface area contributed by atoms with Crippen LogP contribution in [0.2, 0.25) is 0 Å². The predicted octanol–water partition coefficient (Wildman–Crippen LogP) is 3.17. The van der Waals surface area contributed by atoms with Gasteiger partial charge < -0.3 is 19.9 Å². The second-order valence-corrected chi connectivity index (χ2v) is 6.83. The van der Waals surface area contributed by atoms with Crippen LogP contribution in [-0.2, 0) is 15.1 Å². The van der Waals surface area contributed by atoms with Crippen LogP contribution in [0.4, 0.5) is 0 Å². The molecule has 1 unspecified atom stereocenters. The van der Waals surface area contributed by atoms with Gasteiger partial charge >= 0.3 is 5.97 Å². The lowest BCUT2D eigenvalue weighted by Crippen LogP contribution is -2.45. The Morgan fingerprint density at radius 3 is 2.21 bits per heavy atom. The van der Waals surface area contributed by atoms with Crippen LogP contribution >= 0.6 is 0 Å². The minimum atomic E-state index is -1.14. The molecule has 1 amide bonds. The molecule has 2 N–H and O–H groups in total. The molecule has 0 aliphatic heterocycles. The van der Waals surface area contributed by atoms with Crippen molar-refractivity contribution in [3.63, 3.8) is 0 Å². The van der Waals surface area contributed by atoms with Crippen LogP contribution in [0.1, 0.15) is 42.1 Å². The number of aliphatic carboxylic acids is 1. The number of carboxylic acids is 1. The van der Waals surface area contributed by atoms with Gasteiger partial charge in [-0.15, -0.1) is 0 Å². The number of methoxy groups -OCH3 is 2. The van der Waals surface area contributed by atoms with E-state index >= 15 is 0 Å². The number of hydrogen-bond donors (Lipinski definition) is 2. The van der Waals surface area contributed by atoms with Crippen molar-refractivity contribution < 1.29 is 29.0 Å². The lowest BCUT2D eigenvalue weighted by Gasteiger charge is -2.30. The van der Waals surface area contributed by atoms with Crippen molar-refractivity contribution in [2.45, 2.75) is 31.7 Å². The number of carboxylic acid groups (broad SMARTS) is 1. The first-order valence-corrected chi connectivity index (χ1v) is 9.12. The summed E-state index contributed by atoms with van der Waals surface area (Å²) in [6, 6.07) is 13.5. The van der Waals surface area contributed by atoms with E-state index in [0.717, 1.165) is 0 Å². The number of nitrogens with one attached hydrogen (secondary N) is 1. The fourth-order valence-corrected chi connectivity index (χ4v) is 3.01. The van der Waals surface area contributed by atoms with Crippen LogP contribution in [0.15, 0.2) is 48.5 Å². The predicted molar refractivity (Wildman–Crippen MR) is 107 cm³/mol. The SMILES string of the molecule is COc1ccc(C(=O)CCC(=O)NC(C)(CC(=O)O)c2cccc(OC)c2)cc1. The third kappa shape index (κ3) is 6.07. The molecule has 0 bridgehead atoms. The molecule has 7 heteroatoms. The van der Waals surface area contributed by atoms with E-state index in [1.54, 1.807) is 55.5 Å². The lowest BCUT2D eigenvalue weighted by atomic mass is 9.88. The highest BCUT2D eigenvalue weighted by Crippen LogP contribution is 2.28. The Labute approximate surface area is 169 Å². The van der Waals surface area contributed by atoms with Crippen molar-refractivity contribution in [2.75, 3.05) is 14.2 Å². The molecule has 7 nitrogen and oxygen atoms in total. The van der Waals surface area contributed by atoms with E-state index in [1.807, 2.05) is 0 Å². The molecule has 154 valence electrons. The van der Waals surface area contributed by atoms with Crippen molar-refractivity contribution in [1.29, 1.82) is 0 Å². The zero-order valence-electron chi connectivity index (χ0n) is 16.7. The average Bonchev–Trinajstić information content (AvgIpc) is 2.71. The molecule has 0 spiro atoms. The summed E-state index contributed by atoms with van der Waals surface area (Å²) in [5.41, 5.74) is -0.0468. The zero-order chi connectivity index (χ0) is 21.4. The maximum atomic E-state index is 12.5. The van der Waals surface area contributed by atoms with E-state index in [1.165, 1.54) is 14.2 Å². The summed E-state index contributed by atoms with van der Waals surface area (Å²) in [6.45, 7) is 1.64. The number of Topliss-reactive ketones (excluding diaryl/α,β-unsaturated/α-hetero) is 1. The molecule has 2 aromatic rings. The highest BCUT2D eigenvalue weighted by Gasteiger charge is 2.32. The van der Waals surface area contributed by atoms with E-state index < -0.39 is 17.4 Å². The summed E-state index contributed by atoms with van der Waals surface area (Å²) in [5, 5.41) is 12.1. The fourth-order valence-electron chi connectivity index (χ4n) is 3.01. The molecular weight excluding hydrogens is 374 g/mol. The first-order chi connectivity index (χ1) is 13.8. The summed E-state index contributed by atoms with van der Waals surface area (Å²) in [4.78, 5) is 36.2. The van der Waals surface area contributed by atoms with Gasteiger partial charge in [0, 0.05) is 18.4 Å². The van der Waals surface area contributed by atoms with E-state index in [4.69, 9.17) is 9.47 Å². The number of ether oxygens (including phenoxy) is 2. The van der Waals surface area contributed by atoms with Gasteiger partial charge in [0.2, 0.25) is 5.91 Å². The minimum absolute atomic E-state index is 0.0133. The topological polar surface area (TPSA) is 102 Å². The van der Waals surface area contributed by atoms with Crippen molar-refractivity contribution in [3.8, 4) is 11.5 Å². The van der Waals surface area contributed by atoms with Crippen molar-refractivity contribution >= 4 is 17.7 Å². The van der Waals surface area contributed by atoms with Crippen LogP contribution in [0.25, 0.3) is 0 Å². The molecule has 2 aromatic carbocycles. The first-order valence-electron chi connectivity index (χ1n) is 9.12. The van der Waals surface area contributed by atoms with Crippen molar-refractivity contribution in [1.82, 2.24) is 5.32 Å². The van der Waals surface area contributed by atoms with Gasteiger partial charge in [-0.05, 0) is 48.9 Å². The second-order valence-electron chi connectivity index (χ2n) is 6.83. The Bertz CT molecular complexity index is 877. The molecule has 0 heterocycles. The summed E-state index contributed by atoms with van der Waals surface area (Å²) in [7, 11) is 3.05. The quantitative estimate of drug-likeness (QED) is 0.595. The molecule has 0 aliphatic carbocycles. The molecule has 2 rings (SSSR count). The highest BCUT2D eigenvalue weighted by molar-refractivity contribution is 5.98. The molecule has 0 aliphatic rings. The summed E-state index contributed by atoms with van der Waals surface area (Å²) < 4.78 is 10.3. The number of rotatable bonds is 10. The number of benzene rings is 2. The molecule has 0 radical (unpaired) electrons. The number of amides is 1. The van der Waals surface area contributed by atoms with Crippen LogP contribution < -0.4 is 14.8 Å². The number of carbonyl (C=O) groups excluding carboxylic acids is 2. The Morgan fingerprint density at radius 1 is 0.966 bits per heavy atom. The monoisotopic (exact) mass is 399 g/mol. The van der Waals surface area contributed by atoms with Gasteiger partial charge in [-0.3, -0.25) is 14.4 Å². The van der Waals surface area contributed by atoms with Crippen LogP contribution in [0.3, 0.4) is 0 Å². The average molecular weight is 399 g/mol. The highest BCUT2D eigenvalue weighted by atomic mass is 16.5. The van der Waals surface area contributed by atoms with Crippen LogP contribution in [0.5, 0.6) is 11.5 Å². The maximum absolute atomic E-state index is 12.5. The van der Waals surface area contributed by atoms with E-state index in [-0.39, 0.29) is 25.0 Å². The Hall–Kier alpha value is -3.35. The third-order valence-corrected chi connectivity index (χ3v) is 4.62. The molecular formula is C22H25NO6. The zero-order valence-corrected chi connectivity index (χ0v) is 16.7. The van der Waals surface area contributed by atoms with Gasteiger partial charge in [0.1, 0.15) is 11.5 Å². The Kier molecular flexibility index (Phi) is 7.36. The smallest absolute Gasteiger partial charge is 0.306 e. The van der Waals surface area contributed by atoms with Gasteiger partial charge in [0.15, 0.2) is 5.78 Å². The number of hydrogen-bond acceptors (Lipinski definition) is 5. The normalized spacial score (nSPS) is 12.5. The summed E-state index contributed by atoms with van der Waals surface area (Å²) in [5.74, 6) is -0.433. The third-order valence-electron chi connectivity index (χ3n) is 4.62. The molecule has 29 heavy (non-hydrogen) atoms. The van der Waals surface area contributed by atoms with Gasteiger partial charge in [-0.2, -0.15) is 0 Å². The van der Waals surface area contributed by atoms with Gasteiger partial charge in [0.05, 0.1) is 26.2 Å². The van der Waals surface area contributed by atoms with Gasteiger partial charge in [-0.25, -0.2) is 0 Å². The first kappa shape index (κ1) is 21.9. The minimum Gasteiger partial charge on any atom is -0.497 e. The van der Waals surface area contributed by atoms with Crippen LogP contribution in [-0.4, -0.2) is 37.0 Å². The fraction of sp³-hybridized carbons (Fsp3) is 0.318. The van der Waals surface area contributed by atoms with Crippen molar-refractivity contribution in [2.24, 2.45) is 0 Å². The molecule has 0 saturated carbocycles. The lowest BCUT2D eigenvalue weighted by molar-refractivity contribution is -0.139. The number of ketones is 1. The Balaban J connectivity index is 2.07. The maximum Gasteiger partial charge on any atom is 0.306 e. The van der Waals surface area contributed by atoms with Crippen LogP contribution in [0, 0.1) is 0 Å². The molecule has 0 fully saturated rings. The largest absolute Gasteiger partial charge is 0.497 e. The molecule has 0 aromatic heterocycles. The molecule has 0 saturated heterocycles. The number of carbonyl (C=O) groups is 3. The van der Waals surface area contributed by atoms with Crippen molar-refractivity contribution in [3.05, 3.63) is 59.7 Å². The standard InChI is InChI=1S/C22H25NO6/c1-22(14-21(26)27,16-5-4-6-18(13-16)29-3)23-20(25)12-11-19(24)15-7-9-17(28-2)10-8-15/h4-10,13H,11-12,14H2,1-3H3,(H,23,25)(H,26,27). The molecule has 1 atom stereocenters. The van der Waals surface area contributed by atoms with E-state index in [0.29, 0.717) is 22.6 Å². The van der Waals surface area contributed by atoms with E-state index in [2.05, 4.69) is 5.32 Å². The van der Waals surface area contributed by atoms with Gasteiger partial charge in [-0.1, -0.05) is 12.1 Å². The summed E-state index contributed by atoms with van der Waals surface area (Å²) >= 11 is 0. The van der Waals surface area contributed by atoms with E-state index in [9.17, 15) is 19.5 Å². The van der Waals surface area contributed by atoms with Gasteiger partial charge in [0.25, 0.3) is 0 Å². The second kappa shape index (κ2) is 9.73. The summed E-state index contributed by atoms with van der Waals surface area (Å²) in [6.07, 6.45) is -0.345. The Morgan fingerprint density at radius 2 is 1.62 bits per heavy atom.